The first kappa shape index (κ1) is 43.5. The predicted molar refractivity (Wildman–Crippen MR) is 213 cm³/mol. The number of carbonyl (C=O) groups is 4. The molecular formula is C42H49F5N6O9S. The number of sulfonamides is 1. The molecule has 5 aliphatic heterocycles. The van der Waals surface area contributed by atoms with Crippen molar-refractivity contribution in [1.82, 2.24) is 29.7 Å². The van der Waals surface area contributed by atoms with Crippen LogP contribution in [-0.4, -0.2) is 118 Å². The smallest absolute Gasteiger partial charge is 0.437 e. The number of halogens is 5. The van der Waals surface area contributed by atoms with Crippen LogP contribution in [0.25, 0.3) is 10.9 Å². The van der Waals surface area contributed by atoms with E-state index in [0.717, 1.165) is 9.21 Å². The number of hydrogen-bond donors (Lipinski definition) is 2. The molecule has 6 heterocycles. The zero-order valence-corrected chi connectivity index (χ0v) is 36.0. The maximum atomic E-state index is 15.1. The van der Waals surface area contributed by atoms with Crippen molar-refractivity contribution in [2.75, 3.05) is 26.7 Å². The van der Waals surface area contributed by atoms with Gasteiger partial charge in [-0.15, -0.1) is 0 Å². The number of pyridine rings is 1. The highest BCUT2D eigenvalue weighted by atomic mass is 32.2. The zero-order chi connectivity index (χ0) is 45.3. The first-order chi connectivity index (χ1) is 29.4. The number of benzene rings is 1. The largest absolute Gasteiger partial charge is 0.497 e. The van der Waals surface area contributed by atoms with E-state index >= 15 is 13.2 Å². The lowest BCUT2D eigenvalue weighted by atomic mass is 9.81. The lowest BCUT2D eigenvalue weighted by molar-refractivity contribution is -0.161. The second-order valence-electron chi connectivity index (χ2n) is 19.1. The highest BCUT2D eigenvalue weighted by Crippen LogP contribution is 2.65. The maximum Gasteiger partial charge on any atom is 0.437 e. The first-order valence-electron chi connectivity index (χ1n) is 21.2. The highest BCUT2D eigenvalue weighted by molar-refractivity contribution is 7.98. The number of nitrogens with zero attached hydrogens (tertiary/aromatic N) is 4. The molecule has 7 aliphatic rings. The molecule has 0 unspecified atom stereocenters. The number of amides is 4. The van der Waals surface area contributed by atoms with Gasteiger partial charge in [-0.05, 0) is 77.5 Å². The van der Waals surface area contributed by atoms with Crippen LogP contribution in [0, 0.1) is 5.92 Å². The van der Waals surface area contributed by atoms with Crippen LogP contribution in [0.1, 0.15) is 102 Å². The van der Waals surface area contributed by atoms with E-state index in [1.807, 2.05) is 6.08 Å². The molecule has 4 amide bonds. The molecule has 0 bridgehead atoms. The fraction of sp³-hybridized carbons (Fsp3) is 0.643. The quantitative estimate of drug-likeness (QED) is 0.231. The van der Waals surface area contributed by atoms with Crippen LogP contribution in [0.5, 0.6) is 11.5 Å². The molecular weight excluding hydrogens is 860 g/mol. The van der Waals surface area contributed by atoms with E-state index in [4.69, 9.17) is 14.2 Å². The van der Waals surface area contributed by atoms with Crippen LogP contribution in [0.3, 0.4) is 0 Å². The van der Waals surface area contributed by atoms with Crippen molar-refractivity contribution in [2.24, 2.45) is 5.92 Å². The monoisotopic (exact) mass is 908 g/mol. The summed E-state index contributed by atoms with van der Waals surface area (Å²) in [7, 11) is -2.56. The number of alkyl halides is 5. The molecule has 2 N–H and O–H groups in total. The Morgan fingerprint density at radius 3 is 2.35 bits per heavy atom. The number of alkyl carbamates (subject to hydrolysis) is 1. The summed E-state index contributed by atoms with van der Waals surface area (Å²) >= 11 is 0. The van der Waals surface area contributed by atoms with Gasteiger partial charge in [0.05, 0.1) is 32.3 Å². The fourth-order valence-corrected chi connectivity index (χ4v) is 12.1. The van der Waals surface area contributed by atoms with Gasteiger partial charge >= 0.3 is 12.3 Å². The Balaban J connectivity index is 1.15. The van der Waals surface area contributed by atoms with Gasteiger partial charge in [0.25, 0.3) is 21.9 Å². The second-order valence-corrected chi connectivity index (χ2v) is 21.2. The molecule has 2 aromatic rings. The minimum absolute atomic E-state index is 0.0527. The van der Waals surface area contributed by atoms with Gasteiger partial charge < -0.3 is 29.7 Å². The minimum Gasteiger partial charge on any atom is -0.497 e. The number of methoxy groups -OCH3 is 1. The molecule has 5 fully saturated rings. The Hall–Kier alpha value is -4.79. The van der Waals surface area contributed by atoms with Gasteiger partial charge in [0, 0.05) is 35.8 Å². The van der Waals surface area contributed by atoms with Gasteiger partial charge in [-0.25, -0.2) is 31.3 Å². The number of rotatable bonds is 4. The van der Waals surface area contributed by atoms with Crippen LogP contribution < -0.4 is 20.1 Å². The maximum absolute atomic E-state index is 15.1. The van der Waals surface area contributed by atoms with E-state index in [1.165, 1.54) is 30.2 Å². The Morgan fingerprint density at radius 2 is 1.71 bits per heavy atom. The predicted octanol–water partition coefficient (Wildman–Crippen LogP) is 5.33. The summed E-state index contributed by atoms with van der Waals surface area (Å²) in [5.41, 5.74) is -6.08. The van der Waals surface area contributed by atoms with Gasteiger partial charge in [0.1, 0.15) is 34.6 Å². The van der Waals surface area contributed by atoms with Gasteiger partial charge in [0.15, 0.2) is 16.3 Å². The molecule has 342 valence electrons. The number of aromatic nitrogens is 1. The Morgan fingerprint density at radius 1 is 1.00 bits per heavy atom. The summed E-state index contributed by atoms with van der Waals surface area (Å²) in [5, 5.41) is 5.60. The van der Waals surface area contributed by atoms with E-state index in [2.05, 4.69) is 15.6 Å². The number of nitrogens with one attached hydrogen (secondary N) is 2. The topological polar surface area (TPSA) is 177 Å². The van der Waals surface area contributed by atoms with E-state index in [9.17, 15) is 36.4 Å². The molecule has 2 saturated carbocycles. The zero-order valence-electron chi connectivity index (χ0n) is 35.1. The Bertz CT molecular complexity index is 2430. The highest BCUT2D eigenvalue weighted by Gasteiger charge is 2.83. The first-order valence-corrected chi connectivity index (χ1v) is 22.7. The third-order valence-electron chi connectivity index (χ3n) is 13.4. The average Bonchev–Trinajstić information content (AvgIpc) is 4.13. The molecule has 1 aromatic carbocycles. The average molecular weight is 909 g/mol. The lowest BCUT2D eigenvalue weighted by Gasteiger charge is -2.50. The second kappa shape index (κ2) is 14.4. The van der Waals surface area contributed by atoms with E-state index in [1.54, 1.807) is 26.8 Å². The van der Waals surface area contributed by atoms with Crippen LogP contribution in [0.15, 0.2) is 30.4 Å². The Labute approximate surface area is 360 Å². The van der Waals surface area contributed by atoms with Gasteiger partial charge in [-0.3, -0.25) is 19.3 Å². The van der Waals surface area contributed by atoms with Crippen molar-refractivity contribution in [3.05, 3.63) is 41.6 Å². The van der Waals surface area contributed by atoms with Crippen molar-refractivity contribution >= 4 is 44.7 Å². The SMILES string of the molecule is COc1ccc2nc(C(F)(F)F)c3c(c2c1)[C@@H](N1CC(F)(F)C1)C[C@]1(C[C@H]2C(=O)N[C@]4(C(=O)N5C6(CC6)S5(=O)=O)C[C@H]4/C=C\CCCCC[C@H](NC(=O)OC(C)(C)C)C(=O)N2C1)O3. The van der Waals surface area contributed by atoms with Crippen molar-refractivity contribution in [3.63, 3.8) is 0 Å². The van der Waals surface area contributed by atoms with Crippen molar-refractivity contribution in [2.45, 2.75) is 137 Å². The number of fused-ring (bicyclic) bond motifs is 5. The molecule has 2 aliphatic carbocycles. The molecule has 9 rings (SSSR count). The van der Waals surface area contributed by atoms with E-state index in [0.29, 0.717) is 25.7 Å². The molecule has 0 radical (unpaired) electrons. The number of allylic oxidation sites excluding steroid dienone is 1. The summed E-state index contributed by atoms with van der Waals surface area (Å²) < 4.78 is 119. The number of hydrogen-bond acceptors (Lipinski definition) is 11. The Kier molecular flexibility index (Phi) is 9.90. The molecule has 1 aromatic heterocycles. The minimum atomic E-state index is -5.11. The summed E-state index contributed by atoms with van der Waals surface area (Å²) in [6.45, 7) is 2.77. The molecule has 2 spiro atoms. The van der Waals surface area contributed by atoms with Crippen molar-refractivity contribution < 1.29 is 63.8 Å². The van der Waals surface area contributed by atoms with Crippen LogP contribution in [0.4, 0.5) is 26.7 Å². The van der Waals surface area contributed by atoms with Gasteiger partial charge in [0.2, 0.25) is 11.8 Å². The third kappa shape index (κ3) is 7.43. The van der Waals surface area contributed by atoms with E-state index in [-0.39, 0.29) is 54.3 Å². The fourth-order valence-electron chi connectivity index (χ4n) is 10.0. The summed E-state index contributed by atoms with van der Waals surface area (Å²) in [4.78, 5) is 62.4. The summed E-state index contributed by atoms with van der Waals surface area (Å²) in [6, 6.07) is 0.199. The van der Waals surface area contributed by atoms with Crippen LogP contribution in [0.2, 0.25) is 0 Å². The molecule has 63 heavy (non-hydrogen) atoms. The van der Waals surface area contributed by atoms with E-state index < -0.39 is 129 Å². The van der Waals surface area contributed by atoms with Crippen LogP contribution in [-0.2, 0) is 35.3 Å². The number of carbonyl (C=O) groups excluding carboxylic acids is 4. The third-order valence-corrected chi connectivity index (χ3v) is 15.7. The number of likely N-dealkylation sites (tertiary alicyclic amines) is 1. The standard InChI is InChI=1S/C42H49F5N6O9S/c1-37(2,3)62-36(57)49-27-11-9-7-5-6-8-10-23-17-41(23,35(56)53-40(14-15-40)63(53,58)59)50-33(54)29-19-38(20-52(29)34(27)55)18-28(51-21-39(43,44)22-51)30-25-16-24(60-4)12-13-26(25)48-32(31(30)61-38)42(45,46)47/h8,10,12-13,16,23,27-29H,5-7,9,11,14-15,17-22H2,1-4H3,(H,49,57)(H,50,54)/b10-8-/t23-,27+,28+,29+,38-,41-,53?/m1/s1. The lowest BCUT2D eigenvalue weighted by Crippen LogP contribution is -2.60. The molecule has 6 atom stereocenters. The summed E-state index contributed by atoms with van der Waals surface area (Å²) in [6.07, 6.45) is -0.229. The van der Waals surface area contributed by atoms with Crippen molar-refractivity contribution in [1.29, 1.82) is 0 Å². The van der Waals surface area contributed by atoms with Gasteiger partial charge in [-0.1, -0.05) is 25.0 Å². The normalized spacial score (nSPS) is 32.5. The number of ether oxygens (including phenoxy) is 3. The molecule has 3 saturated heterocycles. The molecule has 15 nitrogen and oxygen atoms in total. The van der Waals surface area contributed by atoms with Crippen LogP contribution >= 0.6 is 0 Å². The van der Waals surface area contributed by atoms with Gasteiger partial charge in [-0.2, -0.15) is 13.2 Å². The summed E-state index contributed by atoms with van der Waals surface area (Å²) in [5.74, 6) is -6.74. The molecule has 21 heteroatoms. The van der Waals surface area contributed by atoms with Crippen molar-refractivity contribution in [3.8, 4) is 11.5 Å².